The van der Waals surface area contributed by atoms with E-state index in [0.717, 1.165) is 42.1 Å². The molecule has 0 spiro atoms. The van der Waals surface area contributed by atoms with Gasteiger partial charge in [0.05, 0.1) is 11.3 Å². The van der Waals surface area contributed by atoms with Gasteiger partial charge in [-0.1, -0.05) is 18.2 Å². The first-order valence-corrected chi connectivity index (χ1v) is 9.23. The van der Waals surface area contributed by atoms with Crippen molar-refractivity contribution in [1.29, 1.82) is 0 Å². The molecule has 0 radical (unpaired) electrons. The molecule has 1 aromatic heterocycles. The van der Waals surface area contributed by atoms with E-state index in [-0.39, 0.29) is 5.69 Å². The molecule has 25 heavy (non-hydrogen) atoms. The van der Waals surface area contributed by atoms with Crippen molar-refractivity contribution in [2.45, 2.75) is 19.3 Å². The van der Waals surface area contributed by atoms with E-state index in [4.69, 9.17) is 0 Å². The number of imide groups is 1. The van der Waals surface area contributed by atoms with E-state index >= 15 is 0 Å². The Morgan fingerprint density at radius 2 is 1.68 bits per heavy atom. The maximum atomic E-state index is 14.3. The van der Waals surface area contributed by atoms with Crippen molar-refractivity contribution in [2.24, 2.45) is 0 Å². The molecule has 0 atom stereocenters. The summed E-state index contributed by atoms with van der Waals surface area (Å²) in [4.78, 5) is 29.9. The molecule has 0 bridgehead atoms. The van der Waals surface area contributed by atoms with Crippen LogP contribution in [0.3, 0.4) is 0 Å². The van der Waals surface area contributed by atoms with Crippen LogP contribution in [0.5, 0.6) is 0 Å². The van der Waals surface area contributed by atoms with Gasteiger partial charge in [0.2, 0.25) is 0 Å². The third-order valence-electron chi connectivity index (χ3n) is 4.59. The van der Waals surface area contributed by atoms with Gasteiger partial charge in [0.15, 0.2) is 0 Å². The number of benzene rings is 1. The molecule has 2 aromatic rings. The summed E-state index contributed by atoms with van der Waals surface area (Å²) in [7, 11) is 0. The number of anilines is 1. The maximum Gasteiger partial charge on any atom is 0.282 e. The van der Waals surface area contributed by atoms with Crippen LogP contribution in [0.25, 0.3) is 5.57 Å². The Bertz CT molecular complexity index is 854. The first-order valence-electron chi connectivity index (χ1n) is 8.35. The molecule has 3 heterocycles. The first kappa shape index (κ1) is 16.0. The topological polar surface area (TPSA) is 40.6 Å². The van der Waals surface area contributed by atoms with E-state index in [0.29, 0.717) is 11.3 Å². The van der Waals surface area contributed by atoms with Crippen molar-refractivity contribution in [2.75, 3.05) is 18.0 Å². The van der Waals surface area contributed by atoms with Crippen molar-refractivity contribution >= 4 is 34.4 Å². The van der Waals surface area contributed by atoms with E-state index in [1.807, 2.05) is 22.4 Å². The molecule has 128 valence electrons. The van der Waals surface area contributed by atoms with Gasteiger partial charge in [-0.2, -0.15) is 0 Å². The van der Waals surface area contributed by atoms with Gasteiger partial charge in [-0.3, -0.25) is 9.59 Å². The summed E-state index contributed by atoms with van der Waals surface area (Å²) in [5.41, 5.74) is 0.819. The van der Waals surface area contributed by atoms with Crippen molar-refractivity contribution in [3.05, 3.63) is 58.2 Å². The number of carbonyl (C=O) groups excluding carboxylic acids is 2. The molecule has 4 rings (SSSR count). The van der Waals surface area contributed by atoms with Crippen molar-refractivity contribution in [3.63, 3.8) is 0 Å². The van der Waals surface area contributed by atoms with Crippen LogP contribution in [0.1, 0.15) is 24.1 Å². The number of para-hydroxylation sites is 1. The largest absolute Gasteiger partial charge is 0.366 e. The summed E-state index contributed by atoms with van der Waals surface area (Å²) in [6.45, 7) is 1.49. The fraction of sp³-hybridized carbons (Fsp3) is 0.263. The summed E-state index contributed by atoms with van der Waals surface area (Å²) >= 11 is 1.42. The van der Waals surface area contributed by atoms with Crippen molar-refractivity contribution < 1.29 is 14.0 Å². The number of hydrogen-bond donors (Lipinski definition) is 0. The lowest BCUT2D eigenvalue weighted by Gasteiger charge is -2.29. The average Bonchev–Trinajstić information content (AvgIpc) is 3.23. The maximum absolute atomic E-state index is 14.3. The lowest BCUT2D eigenvalue weighted by Crippen LogP contribution is -2.37. The van der Waals surface area contributed by atoms with Crippen LogP contribution in [0.15, 0.2) is 47.5 Å². The Morgan fingerprint density at radius 1 is 0.920 bits per heavy atom. The predicted molar refractivity (Wildman–Crippen MR) is 95.6 cm³/mol. The van der Waals surface area contributed by atoms with E-state index in [2.05, 4.69) is 0 Å². The number of likely N-dealkylation sites (tertiary alicyclic amines) is 1. The minimum atomic E-state index is -0.574. The predicted octanol–water partition coefficient (Wildman–Crippen LogP) is 3.66. The van der Waals surface area contributed by atoms with Gasteiger partial charge in [-0.15, -0.1) is 11.3 Å². The molecule has 0 saturated carbocycles. The highest BCUT2D eigenvalue weighted by atomic mass is 32.1. The molecule has 2 aliphatic heterocycles. The number of thiophene rings is 1. The second-order valence-electron chi connectivity index (χ2n) is 6.15. The molecule has 4 nitrogen and oxygen atoms in total. The summed E-state index contributed by atoms with van der Waals surface area (Å²) < 4.78 is 14.3. The van der Waals surface area contributed by atoms with Gasteiger partial charge in [0.25, 0.3) is 11.8 Å². The smallest absolute Gasteiger partial charge is 0.282 e. The number of carbonyl (C=O) groups is 2. The average molecular weight is 356 g/mol. The highest BCUT2D eigenvalue weighted by Gasteiger charge is 2.43. The zero-order valence-electron chi connectivity index (χ0n) is 13.6. The molecule has 0 N–H and O–H groups in total. The van der Waals surface area contributed by atoms with Crippen LogP contribution in [0.2, 0.25) is 0 Å². The summed E-state index contributed by atoms with van der Waals surface area (Å²) in [5, 5.41) is 1.87. The second-order valence-corrected chi connectivity index (χ2v) is 7.09. The van der Waals surface area contributed by atoms with Crippen LogP contribution in [-0.2, 0) is 9.59 Å². The Labute approximate surface area is 149 Å². The van der Waals surface area contributed by atoms with E-state index < -0.39 is 17.6 Å². The molecule has 2 aliphatic rings. The van der Waals surface area contributed by atoms with Crippen molar-refractivity contribution in [1.82, 2.24) is 4.90 Å². The molecule has 6 heteroatoms. The number of nitrogens with zero attached hydrogens (tertiary/aromatic N) is 2. The van der Waals surface area contributed by atoms with Crippen LogP contribution >= 0.6 is 11.3 Å². The number of piperidine rings is 1. The van der Waals surface area contributed by atoms with E-state index in [1.165, 1.54) is 23.5 Å². The van der Waals surface area contributed by atoms with Gasteiger partial charge in [-0.05, 0) is 42.8 Å². The highest BCUT2D eigenvalue weighted by Crippen LogP contribution is 2.37. The summed E-state index contributed by atoms with van der Waals surface area (Å²) in [6.07, 6.45) is 3.10. The SMILES string of the molecule is O=C1C(c2cccs2)=C(N2CCCCC2)C(=O)N1c1ccccc1F. The lowest BCUT2D eigenvalue weighted by atomic mass is 10.1. The Kier molecular flexibility index (Phi) is 4.13. The third-order valence-corrected chi connectivity index (χ3v) is 5.48. The van der Waals surface area contributed by atoms with Crippen LogP contribution in [0, 0.1) is 5.82 Å². The number of halogens is 1. The Morgan fingerprint density at radius 3 is 2.36 bits per heavy atom. The minimum absolute atomic E-state index is 0.0126. The van der Waals surface area contributed by atoms with E-state index in [9.17, 15) is 14.0 Å². The zero-order valence-corrected chi connectivity index (χ0v) is 14.4. The molecule has 1 fully saturated rings. The fourth-order valence-corrected chi connectivity index (χ4v) is 4.19. The molecule has 2 amide bonds. The third kappa shape index (κ3) is 2.66. The molecular formula is C19H17FN2O2S. The van der Waals surface area contributed by atoms with E-state index in [1.54, 1.807) is 12.1 Å². The molecule has 1 saturated heterocycles. The Hall–Kier alpha value is -2.47. The number of hydrogen-bond acceptors (Lipinski definition) is 4. The monoisotopic (exact) mass is 356 g/mol. The Balaban J connectivity index is 1.83. The lowest BCUT2D eigenvalue weighted by molar-refractivity contribution is -0.120. The highest BCUT2D eigenvalue weighted by molar-refractivity contribution is 7.11. The zero-order chi connectivity index (χ0) is 17.4. The normalized spacial score (nSPS) is 18.4. The van der Waals surface area contributed by atoms with Crippen molar-refractivity contribution in [3.8, 4) is 0 Å². The molecule has 0 aliphatic carbocycles. The van der Waals surface area contributed by atoms with Gasteiger partial charge in [0.1, 0.15) is 11.5 Å². The van der Waals surface area contributed by atoms with Gasteiger partial charge in [0, 0.05) is 18.0 Å². The molecule has 1 aromatic carbocycles. The van der Waals surface area contributed by atoms with Gasteiger partial charge < -0.3 is 4.90 Å². The number of amides is 2. The number of rotatable bonds is 3. The quantitative estimate of drug-likeness (QED) is 0.788. The van der Waals surface area contributed by atoms with Gasteiger partial charge >= 0.3 is 0 Å². The fourth-order valence-electron chi connectivity index (χ4n) is 3.42. The second kappa shape index (κ2) is 6.44. The summed E-state index contributed by atoms with van der Waals surface area (Å²) in [6, 6.07) is 9.59. The molecular weight excluding hydrogens is 339 g/mol. The van der Waals surface area contributed by atoms with Crippen LogP contribution < -0.4 is 4.90 Å². The van der Waals surface area contributed by atoms with Crippen LogP contribution in [-0.4, -0.2) is 29.8 Å². The van der Waals surface area contributed by atoms with Crippen LogP contribution in [0.4, 0.5) is 10.1 Å². The standard InChI is InChI=1S/C19H17FN2O2S/c20-13-7-2-3-8-14(13)22-18(23)16(15-9-6-12-25-15)17(19(22)24)21-10-4-1-5-11-21/h2-3,6-9,12H,1,4-5,10-11H2. The molecule has 0 unspecified atom stereocenters. The summed E-state index contributed by atoms with van der Waals surface area (Å²) in [5.74, 6) is -1.45. The minimum Gasteiger partial charge on any atom is -0.366 e. The first-order chi connectivity index (χ1) is 12.2. The van der Waals surface area contributed by atoms with Gasteiger partial charge in [-0.25, -0.2) is 9.29 Å².